The highest BCUT2D eigenvalue weighted by atomic mass is 32.2. The van der Waals surface area contributed by atoms with Crippen molar-refractivity contribution in [2.45, 2.75) is 5.44 Å². The van der Waals surface area contributed by atoms with E-state index in [9.17, 15) is 0 Å². The zero-order chi connectivity index (χ0) is 5.11. The van der Waals surface area contributed by atoms with Crippen molar-refractivity contribution in [2.75, 3.05) is 17.9 Å². The van der Waals surface area contributed by atoms with Gasteiger partial charge in [0.2, 0.25) is 0 Å². The molecule has 0 saturated carbocycles. The van der Waals surface area contributed by atoms with Gasteiger partial charge < -0.3 is 4.74 Å². The Balaban J connectivity index is 2.14. The lowest BCUT2D eigenvalue weighted by molar-refractivity contribution is 0.192. The molecule has 0 aromatic heterocycles. The largest absolute Gasteiger partial charge is 0.370 e. The number of hydrogen-bond donors (Lipinski definition) is 0. The fraction of sp³-hybridized carbons (Fsp3) is 1.00. The Morgan fingerprint density at radius 3 is 2.86 bits per heavy atom. The van der Waals surface area contributed by atoms with E-state index in [2.05, 4.69) is 0 Å². The maximum Gasteiger partial charge on any atom is 0.112 e. The Morgan fingerprint density at radius 2 is 2.57 bits per heavy atom. The summed E-state index contributed by atoms with van der Waals surface area (Å²) in [6, 6.07) is 0. The van der Waals surface area contributed by atoms with Crippen LogP contribution in [0.15, 0.2) is 0 Å². The predicted molar refractivity (Wildman–Crippen MR) is 35.7 cm³/mol. The van der Waals surface area contributed by atoms with Crippen molar-refractivity contribution in [3.05, 3.63) is 0 Å². The van der Waals surface area contributed by atoms with Crippen molar-refractivity contribution < 1.29 is 4.74 Å². The number of rotatable bonds is 1. The molecule has 1 aliphatic rings. The molecular weight excluding hydrogens is 128 g/mol. The second kappa shape index (κ2) is 2.84. The molecule has 0 bridgehead atoms. The monoisotopic (exact) mass is 136 g/mol. The Labute approximate surface area is 52.2 Å². The van der Waals surface area contributed by atoms with E-state index in [0.29, 0.717) is 5.44 Å². The van der Waals surface area contributed by atoms with Gasteiger partial charge in [0.15, 0.2) is 0 Å². The molecular formula is C4H8OS2. The van der Waals surface area contributed by atoms with Crippen LogP contribution in [0.4, 0.5) is 0 Å². The van der Waals surface area contributed by atoms with E-state index >= 15 is 0 Å². The lowest BCUT2D eigenvalue weighted by Crippen LogP contribution is -2.01. The maximum atomic E-state index is 5.05. The van der Waals surface area contributed by atoms with Crippen molar-refractivity contribution in [1.29, 1.82) is 0 Å². The third-order valence-electron chi connectivity index (χ3n) is 0.854. The van der Waals surface area contributed by atoms with Crippen LogP contribution in [0.2, 0.25) is 0 Å². The van der Waals surface area contributed by atoms with Crippen LogP contribution in [-0.2, 0) is 4.74 Å². The number of thioether (sulfide) groups is 2. The topological polar surface area (TPSA) is 9.23 Å². The summed E-state index contributed by atoms with van der Waals surface area (Å²) in [5, 5.41) is 1.21. The van der Waals surface area contributed by atoms with Crippen LogP contribution >= 0.6 is 23.5 Å². The van der Waals surface area contributed by atoms with Gasteiger partial charge in [0.1, 0.15) is 5.44 Å². The van der Waals surface area contributed by atoms with E-state index in [1.165, 1.54) is 10.8 Å². The number of methoxy groups -OCH3 is 1. The summed E-state index contributed by atoms with van der Waals surface area (Å²) >= 11 is 3.83. The Morgan fingerprint density at radius 1 is 1.71 bits per heavy atom. The molecule has 1 unspecified atom stereocenters. The van der Waals surface area contributed by atoms with E-state index in [0.717, 1.165) is 0 Å². The SMILES string of the molecule is COC1CSCS1. The van der Waals surface area contributed by atoms with Gasteiger partial charge >= 0.3 is 0 Å². The summed E-state index contributed by atoms with van der Waals surface area (Å²) < 4.78 is 5.05. The van der Waals surface area contributed by atoms with E-state index in [1.807, 2.05) is 23.5 Å². The van der Waals surface area contributed by atoms with Gasteiger partial charge in [-0.05, 0) is 0 Å². The Hall–Kier alpha value is 0.660. The molecule has 0 aromatic rings. The summed E-state index contributed by atoms with van der Waals surface area (Å²) in [4.78, 5) is 0. The van der Waals surface area contributed by atoms with Crippen LogP contribution in [0, 0.1) is 0 Å². The van der Waals surface area contributed by atoms with Gasteiger partial charge in [0.25, 0.3) is 0 Å². The predicted octanol–water partition coefficient (Wildman–Crippen LogP) is 1.40. The molecule has 3 heteroatoms. The molecule has 0 spiro atoms. The van der Waals surface area contributed by atoms with Gasteiger partial charge in [0, 0.05) is 17.9 Å². The fourth-order valence-electron chi connectivity index (χ4n) is 0.453. The average molecular weight is 136 g/mol. The van der Waals surface area contributed by atoms with Crippen molar-refractivity contribution in [3.8, 4) is 0 Å². The van der Waals surface area contributed by atoms with E-state index in [4.69, 9.17) is 4.74 Å². The zero-order valence-corrected chi connectivity index (χ0v) is 5.85. The van der Waals surface area contributed by atoms with Crippen LogP contribution < -0.4 is 0 Å². The summed E-state index contributed by atoms with van der Waals surface area (Å²) in [5.41, 5.74) is 0.477. The van der Waals surface area contributed by atoms with Gasteiger partial charge in [-0.25, -0.2) is 0 Å². The van der Waals surface area contributed by atoms with Crippen LogP contribution in [0.3, 0.4) is 0 Å². The first kappa shape index (κ1) is 5.79. The molecule has 0 amide bonds. The van der Waals surface area contributed by atoms with Crippen LogP contribution in [-0.4, -0.2) is 23.4 Å². The maximum absolute atomic E-state index is 5.05. The fourth-order valence-corrected chi connectivity index (χ4v) is 2.97. The van der Waals surface area contributed by atoms with Crippen LogP contribution in [0.25, 0.3) is 0 Å². The first-order valence-corrected chi connectivity index (χ1v) is 4.36. The van der Waals surface area contributed by atoms with Gasteiger partial charge in [-0.2, -0.15) is 0 Å². The van der Waals surface area contributed by atoms with Gasteiger partial charge in [-0.15, -0.1) is 23.5 Å². The van der Waals surface area contributed by atoms with E-state index < -0.39 is 0 Å². The molecule has 42 valence electrons. The molecule has 1 nitrogen and oxygen atoms in total. The molecule has 0 aromatic carbocycles. The minimum absolute atomic E-state index is 0.477. The highest BCUT2D eigenvalue weighted by Crippen LogP contribution is 2.29. The second-order valence-corrected chi connectivity index (χ2v) is 3.86. The summed E-state index contributed by atoms with van der Waals surface area (Å²) in [6.45, 7) is 0. The van der Waals surface area contributed by atoms with E-state index in [-0.39, 0.29) is 0 Å². The lowest BCUT2D eigenvalue weighted by atomic mass is 10.8. The van der Waals surface area contributed by atoms with Gasteiger partial charge in [-0.3, -0.25) is 0 Å². The van der Waals surface area contributed by atoms with Crippen LogP contribution in [0.1, 0.15) is 0 Å². The third-order valence-corrected chi connectivity index (χ3v) is 3.55. The molecule has 1 fully saturated rings. The minimum atomic E-state index is 0.477. The van der Waals surface area contributed by atoms with Crippen molar-refractivity contribution in [2.24, 2.45) is 0 Å². The lowest BCUT2D eigenvalue weighted by Gasteiger charge is -2.00. The van der Waals surface area contributed by atoms with Gasteiger partial charge in [0.05, 0.1) is 0 Å². The van der Waals surface area contributed by atoms with Crippen molar-refractivity contribution >= 4 is 23.5 Å². The third kappa shape index (κ3) is 1.55. The number of hydrogen-bond acceptors (Lipinski definition) is 3. The number of ether oxygens (including phenoxy) is 1. The molecule has 1 saturated heterocycles. The van der Waals surface area contributed by atoms with E-state index in [1.54, 1.807) is 7.11 Å². The summed E-state index contributed by atoms with van der Waals surface area (Å²) in [7, 11) is 1.77. The molecule has 7 heavy (non-hydrogen) atoms. The van der Waals surface area contributed by atoms with Crippen LogP contribution in [0.5, 0.6) is 0 Å². The summed E-state index contributed by atoms with van der Waals surface area (Å²) in [5.74, 6) is 1.17. The highest BCUT2D eigenvalue weighted by molar-refractivity contribution is 8.19. The quantitative estimate of drug-likeness (QED) is 0.539. The first-order chi connectivity index (χ1) is 3.43. The molecule has 0 radical (unpaired) electrons. The minimum Gasteiger partial charge on any atom is -0.370 e. The molecule has 0 N–H and O–H groups in total. The Bertz CT molecular complexity index is 51.7. The van der Waals surface area contributed by atoms with Crippen molar-refractivity contribution in [1.82, 2.24) is 0 Å². The molecule has 1 rings (SSSR count). The van der Waals surface area contributed by atoms with Gasteiger partial charge in [-0.1, -0.05) is 0 Å². The zero-order valence-electron chi connectivity index (χ0n) is 4.22. The smallest absolute Gasteiger partial charge is 0.112 e. The molecule has 0 aliphatic carbocycles. The standard InChI is InChI=1S/C4H8OS2/c1-5-4-2-6-3-7-4/h4H,2-3H2,1H3. The molecule has 1 atom stereocenters. The summed E-state index contributed by atoms with van der Waals surface area (Å²) in [6.07, 6.45) is 0. The van der Waals surface area contributed by atoms with Crippen molar-refractivity contribution in [3.63, 3.8) is 0 Å². The molecule has 1 aliphatic heterocycles. The second-order valence-electron chi connectivity index (χ2n) is 1.32. The normalized spacial score (nSPS) is 31.3. The highest BCUT2D eigenvalue weighted by Gasteiger charge is 2.13. The first-order valence-electron chi connectivity index (χ1n) is 2.15. The molecule has 1 heterocycles. The average Bonchev–Trinajstić information content (AvgIpc) is 2.14. The Kier molecular flexibility index (Phi) is 2.35.